The van der Waals surface area contributed by atoms with Crippen LogP contribution in [-0.2, 0) is 4.79 Å². The van der Waals surface area contributed by atoms with Crippen LogP contribution in [0.3, 0.4) is 0 Å². The molecule has 4 bridgehead atoms. The molecule has 5 fully saturated rings. The summed E-state index contributed by atoms with van der Waals surface area (Å²) in [4.78, 5) is 35.2. The second kappa shape index (κ2) is 9.65. The molecule has 0 amide bonds. The van der Waals surface area contributed by atoms with E-state index >= 15 is 0 Å². The molecule has 5 aliphatic rings. The molecule has 1 aromatic carbocycles. The Morgan fingerprint density at radius 2 is 1.63 bits per heavy atom. The molecule has 7 nitrogen and oxygen atoms in total. The highest BCUT2D eigenvalue weighted by Gasteiger charge is 2.46. The van der Waals surface area contributed by atoms with E-state index < -0.39 is 12.0 Å². The number of para-hydroxylation sites is 2. The molecule has 2 saturated carbocycles. The molecule has 3 aliphatic heterocycles. The van der Waals surface area contributed by atoms with Crippen LogP contribution in [0.5, 0.6) is 0 Å². The maximum Gasteiger partial charge on any atom is 0.326 e. The minimum atomic E-state index is -0.873. The lowest BCUT2D eigenvalue weighted by Gasteiger charge is -2.56. The lowest BCUT2D eigenvalue weighted by molar-refractivity contribution is -0.140. The second-order valence-electron chi connectivity index (χ2n) is 13.1. The van der Waals surface area contributed by atoms with Gasteiger partial charge < -0.3 is 14.6 Å². The highest BCUT2D eigenvalue weighted by Crippen LogP contribution is 2.49. The van der Waals surface area contributed by atoms with Crippen LogP contribution in [0.2, 0.25) is 0 Å². The maximum atomic E-state index is 14.0. The number of rotatable bonds is 5. The molecular weight excluding hydrogens is 476 g/mol. The van der Waals surface area contributed by atoms with Crippen molar-refractivity contribution in [3.63, 3.8) is 0 Å². The van der Waals surface area contributed by atoms with E-state index in [1.807, 2.05) is 28.8 Å². The molecule has 7 heteroatoms. The van der Waals surface area contributed by atoms with Gasteiger partial charge in [0.05, 0.1) is 11.0 Å². The van der Waals surface area contributed by atoms with Crippen LogP contribution < -0.4 is 10.5 Å². The van der Waals surface area contributed by atoms with Gasteiger partial charge in [0, 0.05) is 30.7 Å². The first-order valence-corrected chi connectivity index (χ1v) is 15.3. The smallest absolute Gasteiger partial charge is 0.326 e. The van der Waals surface area contributed by atoms with Crippen molar-refractivity contribution in [1.82, 2.24) is 14.5 Å². The standard InChI is InChI=1S/C31H42N4O3/c1-2-19-12-20-14-21(13-19)16-24(15-20)34-22-6-5-7-23(34)18-25(17-22)35-27-9-4-3-8-26(27)32-29(30(35)36)33-11-10-28(33)31(37)38/h3-4,8-9,19-25,28H,2,5-7,10-18H2,1H3,(H,37,38)/t19-,20-,21+,22-,23+,24+,25+,28-/m0/s1. The van der Waals surface area contributed by atoms with Gasteiger partial charge in [0.1, 0.15) is 6.04 Å². The Kier molecular flexibility index (Phi) is 6.25. The number of fused-ring (bicyclic) bond motifs is 5. The summed E-state index contributed by atoms with van der Waals surface area (Å²) >= 11 is 0. The Labute approximate surface area is 225 Å². The highest BCUT2D eigenvalue weighted by atomic mass is 16.4. The molecule has 1 aromatic heterocycles. The summed E-state index contributed by atoms with van der Waals surface area (Å²) < 4.78 is 2.01. The first-order chi connectivity index (χ1) is 18.5. The number of carboxylic acids is 1. The van der Waals surface area contributed by atoms with E-state index in [0.29, 0.717) is 36.9 Å². The van der Waals surface area contributed by atoms with Crippen LogP contribution in [0, 0.1) is 17.8 Å². The SMILES string of the molecule is CC[C@@H]1C[C@@H]2C[C@H](C1)C[C@@H](N1[C@@H]3CCC[C@H]1C[C@@H](n1c(=O)c(N4CC[C@H]4C(=O)O)nc4ccccc41)C3)C2. The van der Waals surface area contributed by atoms with Crippen molar-refractivity contribution in [2.75, 3.05) is 11.4 Å². The molecule has 8 atom stereocenters. The van der Waals surface area contributed by atoms with Crippen LogP contribution in [0.15, 0.2) is 29.1 Å². The van der Waals surface area contributed by atoms with E-state index in [-0.39, 0.29) is 11.6 Å². The topological polar surface area (TPSA) is 78.7 Å². The number of anilines is 1. The van der Waals surface area contributed by atoms with Gasteiger partial charge in [0.15, 0.2) is 5.82 Å². The van der Waals surface area contributed by atoms with Gasteiger partial charge in [-0.25, -0.2) is 9.78 Å². The van der Waals surface area contributed by atoms with Crippen LogP contribution in [-0.4, -0.2) is 56.2 Å². The van der Waals surface area contributed by atoms with Crippen LogP contribution in [0.1, 0.15) is 90.0 Å². The van der Waals surface area contributed by atoms with Crippen molar-refractivity contribution in [1.29, 1.82) is 0 Å². The molecule has 0 radical (unpaired) electrons. The largest absolute Gasteiger partial charge is 0.480 e. The van der Waals surface area contributed by atoms with Gasteiger partial charge >= 0.3 is 5.97 Å². The summed E-state index contributed by atoms with van der Waals surface area (Å²) in [6, 6.07) is 9.21. The minimum absolute atomic E-state index is 0.107. The average molecular weight is 519 g/mol. The molecule has 204 valence electrons. The fraction of sp³-hybridized carbons (Fsp3) is 0.710. The number of nitrogens with zero attached hydrogens (tertiary/aromatic N) is 4. The van der Waals surface area contributed by atoms with E-state index in [0.717, 1.165) is 41.6 Å². The number of aliphatic carboxylic acids is 1. The predicted molar refractivity (Wildman–Crippen MR) is 149 cm³/mol. The lowest BCUT2D eigenvalue weighted by Crippen LogP contribution is -2.59. The number of carboxylic acid groups (broad SMARTS) is 1. The summed E-state index contributed by atoms with van der Waals surface area (Å²) in [5.41, 5.74) is 1.57. The molecule has 2 aliphatic carbocycles. The molecule has 0 unspecified atom stereocenters. The molecular formula is C31H42N4O3. The summed E-state index contributed by atoms with van der Waals surface area (Å²) in [6.45, 7) is 2.95. The second-order valence-corrected chi connectivity index (χ2v) is 13.1. The van der Waals surface area contributed by atoms with Gasteiger partial charge in [-0.15, -0.1) is 0 Å². The highest BCUT2D eigenvalue weighted by molar-refractivity contribution is 5.81. The van der Waals surface area contributed by atoms with E-state index in [2.05, 4.69) is 11.8 Å². The minimum Gasteiger partial charge on any atom is -0.480 e. The monoisotopic (exact) mass is 518 g/mol. The third-order valence-corrected chi connectivity index (χ3v) is 10.9. The van der Waals surface area contributed by atoms with Crippen LogP contribution >= 0.6 is 0 Å². The Morgan fingerprint density at radius 1 is 0.921 bits per heavy atom. The number of hydrogen-bond donors (Lipinski definition) is 1. The molecule has 0 spiro atoms. The third kappa shape index (κ3) is 4.07. The van der Waals surface area contributed by atoms with Crippen molar-refractivity contribution >= 4 is 22.8 Å². The quantitative estimate of drug-likeness (QED) is 0.585. The molecule has 2 aromatic rings. The van der Waals surface area contributed by atoms with Gasteiger partial charge in [0.25, 0.3) is 5.56 Å². The normalized spacial score (nSPS) is 37.1. The number of benzene rings is 1. The number of aromatic nitrogens is 2. The molecule has 3 saturated heterocycles. The summed E-state index contributed by atoms with van der Waals surface area (Å²) in [6.07, 6.45) is 14.7. The van der Waals surface area contributed by atoms with Crippen molar-refractivity contribution in [2.45, 2.75) is 114 Å². The van der Waals surface area contributed by atoms with Crippen molar-refractivity contribution in [2.24, 2.45) is 17.8 Å². The first kappa shape index (κ1) is 24.6. The van der Waals surface area contributed by atoms with Crippen molar-refractivity contribution in [3.05, 3.63) is 34.6 Å². The molecule has 1 N–H and O–H groups in total. The number of piperidine rings is 2. The van der Waals surface area contributed by atoms with Gasteiger partial charge in [-0.2, -0.15) is 0 Å². The fourth-order valence-corrected chi connectivity index (χ4v) is 9.31. The molecule has 7 rings (SSSR count). The van der Waals surface area contributed by atoms with Crippen molar-refractivity contribution < 1.29 is 9.90 Å². The number of carbonyl (C=O) groups is 1. The van der Waals surface area contributed by atoms with Crippen LogP contribution in [0.4, 0.5) is 5.82 Å². The Hall–Kier alpha value is -2.41. The zero-order valence-electron chi connectivity index (χ0n) is 22.7. The van der Waals surface area contributed by atoms with Crippen LogP contribution in [0.25, 0.3) is 11.0 Å². The van der Waals surface area contributed by atoms with Crippen molar-refractivity contribution in [3.8, 4) is 0 Å². The van der Waals surface area contributed by atoms with Gasteiger partial charge in [-0.3, -0.25) is 9.69 Å². The number of hydrogen-bond acceptors (Lipinski definition) is 5. The Morgan fingerprint density at radius 3 is 2.26 bits per heavy atom. The first-order valence-electron chi connectivity index (χ1n) is 15.3. The zero-order valence-corrected chi connectivity index (χ0v) is 22.7. The van der Waals surface area contributed by atoms with Gasteiger partial charge in [0.2, 0.25) is 0 Å². The van der Waals surface area contributed by atoms with E-state index in [9.17, 15) is 14.7 Å². The third-order valence-electron chi connectivity index (χ3n) is 10.9. The lowest BCUT2D eigenvalue weighted by atomic mass is 9.64. The summed E-state index contributed by atoms with van der Waals surface area (Å²) in [5, 5.41) is 9.65. The molecule has 4 heterocycles. The van der Waals surface area contributed by atoms with Gasteiger partial charge in [-0.1, -0.05) is 31.9 Å². The Balaban J connectivity index is 1.20. The van der Waals surface area contributed by atoms with E-state index in [4.69, 9.17) is 4.98 Å². The maximum absolute atomic E-state index is 14.0. The fourth-order valence-electron chi connectivity index (χ4n) is 9.31. The Bertz CT molecular complexity index is 1250. The summed E-state index contributed by atoms with van der Waals surface area (Å²) in [5.74, 6) is 2.20. The van der Waals surface area contributed by atoms with E-state index in [1.165, 1.54) is 57.8 Å². The zero-order chi connectivity index (χ0) is 26.0. The van der Waals surface area contributed by atoms with E-state index in [1.54, 1.807) is 4.90 Å². The summed E-state index contributed by atoms with van der Waals surface area (Å²) in [7, 11) is 0. The average Bonchev–Trinajstić information content (AvgIpc) is 2.87. The molecule has 38 heavy (non-hydrogen) atoms. The van der Waals surface area contributed by atoms with Gasteiger partial charge in [-0.05, 0) is 94.1 Å². The predicted octanol–water partition coefficient (Wildman–Crippen LogP) is 5.22.